The second-order valence-corrected chi connectivity index (χ2v) is 3.61. The molecular formula is C7H16O. The standard InChI is InChI=1S/C7H16O/c1-6(8)5-7(2,3)4/h6,8H,5H2,1-4H3/t6-/m1/s1. The van der Waals surface area contributed by atoms with Gasteiger partial charge in [-0.25, -0.2) is 0 Å². The second kappa shape index (κ2) is 2.49. The van der Waals surface area contributed by atoms with Crippen LogP contribution in [-0.2, 0) is 0 Å². The van der Waals surface area contributed by atoms with Crippen LogP contribution in [0.2, 0.25) is 0 Å². The summed E-state index contributed by atoms with van der Waals surface area (Å²) >= 11 is 0. The molecule has 0 bridgehead atoms. The molecular weight excluding hydrogens is 100 g/mol. The molecule has 1 N–H and O–H groups in total. The average Bonchev–Trinajstić information content (AvgIpc) is 1.21. The van der Waals surface area contributed by atoms with Crippen molar-refractivity contribution in [2.75, 3.05) is 0 Å². The van der Waals surface area contributed by atoms with Crippen molar-refractivity contribution in [2.45, 2.75) is 40.2 Å². The SMILES string of the molecule is C[C@@H](O)CC(C)(C)C. The predicted octanol–water partition coefficient (Wildman–Crippen LogP) is 1.80. The van der Waals surface area contributed by atoms with Gasteiger partial charge < -0.3 is 5.11 Å². The lowest BCUT2D eigenvalue weighted by molar-refractivity contribution is 0.138. The van der Waals surface area contributed by atoms with Crippen LogP contribution in [0.15, 0.2) is 0 Å². The van der Waals surface area contributed by atoms with E-state index in [4.69, 9.17) is 5.11 Å². The molecule has 0 fully saturated rings. The third-order valence-corrected chi connectivity index (χ3v) is 0.908. The van der Waals surface area contributed by atoms with Crippen molar-refractivity contribution in [3.63, 3.8) is 0 Å². The summed E-state index contributed by atoms with van der Waals surface area (Å²) in [6, 6.07) is 0. The van der Waals surface area contributed by atoms with Gasteiger partial charge in [0.25, 0.3) is 0 Å². The predicted molar refractivity (Wildman–Crippen MR) is 35.8 cm³/mol. The molecule has 0 spiro atoms. The van der Waals surface area contributed by atoms with E-state index in [9.17, 15) is 0 Å². The van der Waals surface area contributed by atoms with E-state index >= 15 is 0 Å². The van der Waals surface area contributed by atoms with E-state index in [2.05, 4.69) is 20.8 Å². The fourth-order valence-corrected chi connectivity index (χ4v) is 0.886. The van der Waals surface area contributed by atoms with Crippen LogP contribution in [0.4, 0.5) is 0 Å². The van der Waals surface area contributed by atoms with Gasteiger partial charge in [-0.15, -0.1) is 0 Å². The van der Waals surface area contributed by atoms with Crippen LogP contribution in [0.1, 0.15) is 34.1 Å². The highest BCUT2D eigenvalue weighted by atomic mass is 16.3. The minimum absolute atomic E-state index is 0.157. The van der Waals surface area contributed by atoms with Crippen LogP contribution >= 0.6 is 0 Å². The fourth-order valence-electron chi connectivity index (χ4n) is 0.886. The van der Waals surface area contributed by atoms with E-state index in [0.717, 1.165) is 6.42 Å². The maximum absolute atomic E-state index is 8.89. The molecule has 1 nitrogen and oxygen atoms in total. The molecule has 0 aliphatic heterocycles. The second-order valence-electron chi connectivity index (χ2n) is 3.61. The minimum Gasteiger partial charge on any atom is -0.393 e. The van der Waals surface area contributed by atoms with Crippen molar-refractivity contribution < 1.29 is 5.11 Å². The quantitative estimate of drug-likeness (QED) is 0.554. The van der Waals surface area contributed by atoms with Gasteiger partial charge >= 0.3 is 0 Å². The van der Waals surface area contributed by atoms with Crippen molar-refractivity contribution >= 4 is 0 Å². The molecule has 50 valence electrons. The molecule has 0 aliphatic carbocycles. The lowest BCUT2D eigenvalue weighted by Crippen LogP contribution is -2.13. The molecule has 0 saturated heterocycles. The zero-order chi connectivity index (χ0) is 6.78. The molecule has 0 aromatic carbocycles. The number of aliphatic hydroxyl groups excluding tert-OH is 1. The van der Waals surface area contributed by atoms with E-state index < -0.39 is 0 Å². The Morgan fingerprint density at radius 1 is 1.38 bits per heavy atom. The van der Waals surface area contributed by atoms with Gasteiger partial charge in [0.1, 0.15) is 0 Å². The van der Waals surface area contributed by atoms with E-state index in [1.165, 1.54) is 0 Å². The van der Waals surface area contributed by atoms with Gasteiger partial charge in [-0.05, 0) is 18.8 Å². The number of hydrogen-bond donors (Lipinski definition) is 1. The summed E-state index contributed by atoms with van der Waals surface area (Å²) in [4.78, 5) is 0. The number of aliphatic hydroxyl groups is 1. The van der Waals surface area contributed by atoms with E-state index in [0.29, 0.717) is 0 Å². The summed E-state index contributed by atoms with van der Waals surface area (Å²) in [5, 5.41) is 8.89. The summed E-state index contributed by atoms with van der Waals surface area (Å²) in [5.74, 6) is 0. The molecule has 0 amide bonds. The zero-order valence-electron chi connectivity index (χ0n) is 6.23. The van der Waals surface area contributed by atoms with Crippen LogP contribution in [-0.4, -0.2) is 11.2 Å². The van der Waals surface area contributed by atoms with Crippen LogP contribution in [0.25, 0.3) is 0 Å². The van der Waals surface area contributed by atoms with Gasteiger partial charge in [0.2, 0.25) is 0 Å². The smallest absolute Gasteiger partial charge is 0.0517 e. The Morgan fingerprint density at radius 2 is 1.75 bits per heavy atom. The first kappa shape index (κ1) is 7.96. The monoisotopic (exact) mass is 116 g/mol. The van der Waals surface area contributed by atoms with E-state index in [1.807, 2.05) is 6.92 Å². The third kappa shape index (κ3) is 5.96. The zero-order valence-corrected chi connectivity index (χ0v) is 6.23. The Hall–Kier alpha value is -0.0400. The highest BCUT2D eigenvalue weighted by Crippen LogP contribution is 2.19. The Kier molecular flexibility index (Phi) is 2.48. The molecule has 0 saturated carbocycles. The van der Waals surface area contributed by atoms with Crippen LogP contribution < -0.4 is 0 Å². The largest absolute Gasteiger partial charge is 0.393 e. The number of rotatable bonds is 1. The Bertz CT molecular complexity index is 59.3. The topological polar surface area (TPSA) is 20.2 Å². The van der Waals surface area contributed by atoms with Crippen molar-refractivity contribution in [3.05, 3.63) is 0 Å². The first-order valence-electron chi connectivity index (χ1n) is 3.10. The van der Waals surface area contributed by atoms with Gasteiger partial charge in [0.15, 0.2) is 0 Å². The molecule has 0 aliphatic rings. The average molecular weight is 116 g/mol. The van der Waals surface area contributed by atoms with Crippen molar-refractivity contribution in [3.8, 4) is 0 Å². The van der Waals surface area contributed by atoms with Crippen molar-refractivity contribution in [1.82, 2.24) is 0 Å². The Balaban J connectivity index is 3.39. The molecule has 8 heavy (non-hydrogen) atoms. The molecule has 0 radical (unpaired) electrons. The van der Waals surface area contributed by atoms with Gasteiger partial charge in [0.05, 0.1) is 6.10 Å². The van der Waals surface area contributed by atoms with E-state index in [-0.39, 0.29) is 11.5 Å². The van der Waals surface area contributed by atoms with Gasteiger partial charge in [-0.1, -0.05) is 20.8 Å². The summed E-state index contributed by atoms with van der Waals surface area (Å²) < 4.78 is 0. The van der Waals surface area contributed by atoms with Crippen molar-refractivity contribution in [1.29, 1.82) is 0 Å². The summed E-state index contributed by atoms with van der Waals surface area (Å²) in [6.07, 6.45) is 0.725. The minimum atomic E-state index is -0.157. The number of hydrogen-bond acceptors (Lipinski definition) is 1. The van der Waals surface area contributed by atoms with E-state index in [1.54, 1.807) is 0 Å². The van der Waals surface area contributed by atoms with Crippen LogP contribution in [0.5, 0.6) is 0 Å². The molecule has 0 unspecified atom stereocenters. The Morgan fingerprint density at radius 3 is 1.75 bits per heavy atom. The molecule has 0 heterocycles. The Labute approximate surface area is 51.7 Å². The van der Waals surface area contributed by atoms with Gasteiger partial charge in [-0.2, -0.15) is 0 Å². The molecule has 1 heteroatoms. The maximum Gasteiger partial charge on any atom is 0.0517 e. The molecule has 0 aromatic rings. The van der Waals surface area contributed by atoms with Gasteiger partial charge in [-0.3, -0.25) is 0 Å². The van der Waals surface area contributed by atoms with Crippen molar-refractivity contribution in [2.24, 2.45) is 5.41 Å². The lowest BCUT2D eigenvalue weighted by Gasteiger charge is -2.19. The normalized spacial score (nSPS) is 16.1. The first-order chi connectivity index (χ1) is 3.42. The summed E-state index contributed by atoms with van der Waals surface area (Å²) in [7, 11) is 0. The maximum atomic E-state index is 8.89. The van der Waals surface area contributed by atoms with Crippen LogP contribution in [0, 0.1) is 5.41 Å². The van der Waals surface area contributed by atoms with Gasteiger partial charge in [0, 0.05) is 0 Å². The fraction of sp³-hybridized carbons (Fsp3) is 1.00. The summed E-state index contributed by atoms with van der Waals surface area (Å²) in [6.45, 7) is 8.20. The summed E-state index contributed by atoms with van der Waals surface area (Å²) in [5.41, 5.74) is 0.272. The molecule has 1 atom stereocenters. The lowest BCUT2D eigenvalue weighted by atomic mass is 9.90. The molecule has 0 aromatic heterocycles. The third-order valence-electron chi connectivity index (χ3n) is 0.908. The van der Waals surface area contributed by atoms with Crippen LogP contribution in [0.3, 0.4) is 0 Å². The molecule has 0 rings (SSSR count). The highest BCUT2D eigenvalue weighted by Gasteiger charge is 2.12. The highest BCUT2D eigenvalue weighted by molar-refractivity contribution is 4.63. The first-order valence-corrected chi connectivity index (χ1v) is 3.10.